The molecule has 23 heavy (non-hydrogen) atoms. The fourth-order valence-corrected chi connectivity index (χ4v) is 2.23. The number of benzene rings is 2. The fraction of sp³-hybridized carbons (Fsp3) is 0.222. The van der Waals surface area contributed by atoms with Crippen LogP contribution in [-0.4, -0.2) is 30.9 Å². The van der Waals surface area contributed by atoms with E-state index in [1.807, 2.05) is 32.0 Å². The number of nitrogens with one attached hydrogen (secondary N) is 2. The Bertz CT molecular complexity index is 739. The van der Waals surface area contributed by atoms with E-state index in [-0.39, 0.29) is 11.9 Å². The molecular weight excluding hydrogens is 290 g/mol. The zero-order chi connectivity index (χ0) is 17.0. The molecule has 3 amide bonds. The molecule has 0 aromatic heterocycles. The SMILES string of the molecule is Cc1ccc(NC(=O)Nc2cccc(C(=O)N(C)C)c2)c(C)c1. The van der Waals surface area contributed by atoms with Gasteiger partial charge in [0.1, 0.15) is 0 Å². The first-order valence-electron chi connectivity index (χ1n) is 7.34. The van der Waals surface area contributed by atoms with Gasteiger partial charge in [-0.1, -0.05) is 23.8 Å². The molecule has 5 nitrogen and oxygen atoms in total. The van der Waals surface area contributed by atoms with Gasteiger partial charge in [0.2, 0.25) is 0 Å². The zero-order valence-corrected chi connectivity index (χ0v) is 13.8. The van der Waals surface area contributed by atoms with E-state index in [1.165, 1.54) is 4.90 Å². The molecule has 0 unspecified atom stereocenters. The highest BCUT2D eigenvalue weighted by Crippen LogP contribution is 2.17. The van der Waals surface area contributed by atoms with Gasteiger partial charge in [-0.05, 0) is 43.7 Å². The lowest BCUT2D eigenvalue weighted by atomic mass is 10.1. The molecule has 0 aliphatic carbocycles. The standard InChI is InChI=1S/C18H21N3O2/c1-12-8-9-16(13(2)10-12)20-18(23)19-15-7-5-6-14(11-15)17(22)21(3)4/h5-11H,1-4H3,(H2,19,20,23). The summed E-state index contributed by atoms with van der Waals surface area (Å²) in [6.45, 7) is 3.95. The summed E-state index contributed by atoms with van der Waals surface area (Å²) in [7, 11) is 3.38. The number of carbonyl (C=O) groups excluding carboxylic acids is 2. The second-order valence-corrected chi connectivity index (χ2v) is 5.68. The molecule has 0 saturated heterocycles. The summed E-state index contributed by atoms with van der Waals surface area (Å²) in [5, 5.41) is 5.56. The number of urea groups is 1. The predicted octanol–water partition coefficient (Wildman–Crippen LogP) is 3.65. The Hall–Kier alpha value is -2.82. The van der Waals surface area contributed by atoms with Gasteiger partial charge in [-0.15, -0.1) is 0 Å². The normalized spacial score (nSPS) is 10.1. The minimum atomic E-state index is -0.341. The third-order valence-electron chi connectivity index (χ3n) is 3.40. The molecule has 0 radical (unpaired) electrons. The summed E-state index contributed by atoms with van der Waals surface area (Å²) >= 11 is 0. The summed E-state index contributed by atoms with van der Waals surface area (Å²) in [6.07, 6.45) is 0. The summed E-state index contributed by atoms with van der Waals surface area (Å²) in [5.41, 5.74) is 3.99. The Labute approximate surface area is 136 Å². The van der Waals surface area contributed by atoms with E-state index in [4.69, 9.17) is 0 Å². The molecule has 2 aromatic carbocycles. The summed E-state index contributed by atoms with van der Waals surface area (Å²) in [6, 6.07) is 12.3. The first kappa shape index (κ1) is 16.5. The van der Waals surface area contributed by atoms with E-state index < -0.39 is 0 Å². The Morgan fingerprint density at radius 1 is 0.957 bits per heavy atom. The van der Waals surface area contributed by atoms with Crippen LogP contribution in [0.3, 0.4) is 0 Å². The number of hydrogen-bond donors (Lipinski definition) is 2. The van der Waals surface area contributed by atoms with Crippen molar-refractivity contribution < 1.29 is 9.59 Å². The molecule has 0 heterocycles. The maximum Gasteiger partial charge on any atom is 0.323 e. The number of carbonyl (C=O) groups is 2. The van der Waals surface area contributed by atoms with Crippen molar-refractivity contribution in [2.75, 3.05) is 24.7 Å². The second-order valence-electron chi connectivity index (χ2n) is 5.68. The molecule has 0 atom stereocenters. The third kappa shape index (κ3) is 4.32. The molecule has 0 saturated carbocycles. The topological polar surface area (TPSA) is 61.4 Å². The summed E-state index contributed by atoms with van der Waals surface area (Å²) in [5.74, 6) is -0.108. The van der Waals surface area contributed by atoms with Gasteiger partial charge in [0, 0.05) is 31.0 Å². The quantitative estimate of drug-likeness (QED) is 0.909. The second kappa shape index (κ2) is 6.96. The lowest BCUT2D eigenvalue weighted by Crippen LogP contribution is -2.23. The minimum Gasteiger partial charge on any atom is -0.345 e. The largest absolute Gasteiger partial charge is 0.345 e. The van der Waals surface area contributed by atoms with Crippen LogP contribution in [-0.2, 0) is 0 Å². The number of aryl methyl sites for hydroxylation is 2. The highest BCUT2D eigenvalue weighted by Gasteiger charge is 2.10. The van der Waals surface area contributed by atoms with Crippen molar-refractivity contribution in [1.82, 2.24) is 4.90 Å². The number of amides is 3. The van der Waals surface area contributed by atoms with Crippen molar-refractivity contribution in [3.63, 3.8) is 0 Å². The van der Waals surface area contributed by atoms with Crippen LogP contribution in [0.5, 0.6) is 0 Å². The molecule has 5 heteroatoms. The van der Waals surface area contributed by atoms with Crippen molar-refractivity contribution in [2.24, 2.45) is 0 Å². The Balaban J connectivity index is 2.08. The van der Waals surface area contributed by atoms with Gasteiger partial charge >= 0.3 is 6.03 Å². The lowest BCUT2D eigenvalue weighted by Gasteiger charge is -2.13. The van der Waals surface area contributed by atoms with Crippen LogP contribution in [0.2, 0.25) is 0 Å². The third-order valence-corrected chi connectivity index (χ3v) is 3.40. The van der Waals surface area contributed by atoms with Gasteiger partial charge in [-0.25, -0.2) is 4.79 Å². The summed E-state index contributed by atoms with van der Waals surface area (Å²) in [4.78, 5) is 25.6. The van der Waals surface area contributed by atoms with Gasteiger partial charge in [-0.2, -0.15) is 0 Å². The molecule has 2 aromatic rings. The van der Waals surface area contributed by atoms with Gasteiger partial charge in [-0.3, -0.25) is 4.79 Å². The maximum atomic E-state index is 12.1. The van der Waals surface area contributed by atoms with Gasteiger partial charge in [0.05, 0.1) is 0 Å². The Morgan fingerprint density at radius 2 is 1.70 bits per heavy atom. The van der Waals surface area contributed by atoms with Crippen LogP contribution >= 0.6 is 0 Å². The number of nitrogens with zero attached hydrogens (tertiary/aromatic N) is 1. The van der Waals surface area contributed by atoms with Gasteiger partial charge < -0.3 is 15.5 Å². The molecule has 0 fully saturated rings. The van der Waals surface area contributed by atoms with Crippen LogP contribution in [0.4, 0.5) is 16.2 Å². The molecule has 2 rings (SSSR count). The number of hydrogen-bond acceptors (Lipinski definition) is 2. The van der Waals surface area contributed by atoms with Crippen molar-refractivity contribution >= 4 is 23.3 Å². The Kier molecular flexibility index (Phi) is 5.01. The van der Waals surface area contributed by atoms with Crippen molar-refractivity contribution in [3.05, 3.63) is 59.2 Å². The average Bonchev–Trinajstić information content (AvgIpc) is 2.49. The smallest absolute Gasteiger partial charge is 0.323 e. The molecular formula is C18H21N3O2. The van der Waals surface area contributed by atoms with Crippen LogP contribution in [0.15, 0.2) is 42.5 Å². The van der Waals surface area contributed by atoms with E-state index in [1.54, 1.807) is 38.4 Å². The van der Waals surface area contributed by atoms with Crippen molar-refractivity contribution in [3.8, 4) is 0 Å². The van der Waals surface area contributed by atoms with E-state index in [9.17, 15) is 9.59 Å². The monoisotopic (exact) mass is 311 g/mol. The molecule has 120 valence electrons. The van der Waals surface area contributed by atoms with Gasteiger partial charge in [0.25, 0.3) is 5.91 Å². The molecule has 0 bridgehead atoms. The maximum absolute atomic E-state index is 12.1. The van der Waals surface area contributed by atoms with Crippen LogP contribution in [0.25, 0.3) is 0 Å². The highest BCUT2D eigenvalue weighted by molar-refractivity contribution is 6.01. The van der Waals surface area contributed by atoms with Crippen LogP contribution in [0.1, 0.15) is 21.5 Å². The summed E-state index contributed by atoms with van der Waals surface area (Å²) < 4.78 is 0. The van der Waals surface area contributed by atoms with Gasteiger partial charge in [0.15, 0.2) is 0 Å². The Morgan fingerprint density at radius 3 is 2.35 bits per heavy atom. The van der Waals surface area contributed by atoms with Crippen LogP contribution < -0.4 is 10.6 Å². The van der Waals surface area contributed by atoms with E-state index in [0.29, 0.717) is 11.3 Å². The van der Waals surface area contributed by atoms with Crippen molar-refractivity contribution in [2.45, 2.75) is 13.8 Å². The van der Waals surface area contributed by atoms with Crippen molar-refractivity contribution in [1.29, 1.82) is 0 Å². The molecule has 0 aliphatic heterocycles. The first-order chi connectivity index (χ1) is 10.9. The minimum absolute atomic E-state index is 0.108. The highest BCUT2D eigenvalue weighted by atomic mass is 16.2. The number of anilines is 2. The molecule has 0 spiro atoms. The lowest BCUT2D eigenvalue weighted by molar-refractivity contribution is 0.0827. The fourth-order valence-electron chi connectivity index (χ4n) is 2.23. The van der Waals surface area contributed by atoms with E-state index >= 15 is 0 Å². The average molecular weight is 311 g/mol. The predicted molar refractivity (Wildman–Crippen MR) is 93.0 cm³/mol. The van der Waals surface area contributed by atoms with Crippen LogP contribution in [0, 0.1) is 13.8 Å². The first-order valence-corrected chi connectivity index (χ1v) is 7.34. The van der Waals surface area contributed by atoms with E-state index in [0.717, 1.165) is 16.8 Å². The molecule has 2 N–H and O–H groups in total. The van der Waals surface area contributed by atoms with E-state index in [2.05, 4.69) is 10.6 Å². The number of rotatable bonds is 3. The zero-order valence-electron chi connectivity index (χ0n) is 13.8. The molecule has 0 aliphatic rings.